The lowest BCUT2D eigenvalue weighted by molar-refractivity contribution is -0.123. The number of aromatic amines is 1. The van der Waals surface area contributed by atoms with Crippen LogP contribution in [0, 0.1) is 29.6 Å². The van der Waals surface area contributed by atoms with E-state index in [1.807, 2.05) is 48.5 Å². The number of hydrogen-bond acceptors (Lipinski definition) is 5. The zero-order chi connectivity index (χ0) is 21.6. The van der Waals surface area contributed by atoms with E-state index in [4.69, 9.17) is 0 Å². The molecule has 0 spiro atoms. The van der Waals surface area contributed by atoms with Crippen LogP contribution in [0.15, 0.2) is 70.5 Å². The van der Waals surface area contributed by atoms with E-state index in [2.05, 4.69) is 17.1 Å². The third kappa shape index (κ3) is 2.38. The lowest BCUT2D eigenvalue weighted by atomic mass is 9.68. The lowest BCUT2D eigenvalue weighted by Crippen LogP contribution is -2.42. The Bertz CT molecular complexity index is 1300. The predicted molar refractivity (Wildman–Crippen MR) is 124 cm³/mol. The van der Waals surface area contributed by atoms with Gasteiger partial charge in [-0.25, -0.2) is 0 Å². The van der Waals surface area contributed by atoms with E-state index in [0.29, 0.717) is 5.69 Å². The van der Waals surface area contributed by atoms with Crippen LogP contribution >= 0.6 is 23.1 Å². The van der Waals surface area contributed by atoms with E-state index in [9.17, 15) is 14.4 Å². The summed E-state index contributed by atoms with van der Waals surface area (Å²) in [5, 5.41) is 1.19. The fourth-order valence-electron chi connectivity index (χ4n) is 6.88. The van der Waals surface area contributed by atoms with E-state index in [1.54, 1.807) is 11.8 Å². The van der Waals surface area contributed by atoms with E-state index in [0.717, 1.165) is 16.3 Å². The van der Waals surface area contributed by atoms with Crippen molar-refractivity contribution < 1.29 is 9.59 Å². The second-order valence-electron chi connectivity index (χ2n) is 9.22. The highest BCUT2D eigenvalue weighted by molar-refractivity contribution is 8.00. The molecule has 2 bridgehead atoms. The number of nitrogens with zero attached hydrogens (tertiary/aromatic N) is 1. The van der Waals surface area contributed by atoms with Crippen LogP contribution < -0.4 is 9.77 Å². The highest BCUT2D eigenvalue weighted by Gasteiger charge is 2.69. The Labute approximate surface area is 192 Å². The van der Waals surface area contributed by atoms with Crippen LogP contribution in [0.2, 0.25) is 0 Å². The fourth-order valence-corrected chi connectivity index (χ4v) is 9.77. The number of fused-ring (bicyclic) bond motifs is 9. The van der Waals surface area contributed by atoms with Crippen LogP contribution in [0.5, 0.6) is 0 Å². The molecule has 2 aliphatic carbocycles. The Hall–Kier alpha value is -2.64. The van der Waals surface area contributed by atoms with E-state index in [-0.39, 0.29) is 57.4 Å². The lowest BCUT2D eigenvalue weighted by Gasteiger charge is -2.43. The molecule has 1 aromatic heterocycles. The molecular weight excluding hydrogens is 440 g/mol. The second kappa shape index (κ2) is 6.68. The average molecular weight is 461 g/mol. The zero-order valence-corrected chi connectivity index (χ0v) is 18.6. The highest BCUT2D eigenvalue weighted by Crippen LogP contribution is 2.68. The maximum atomic E-state index is 13.6. The van der Waals surface area contributed by atoms with Gasteiger partial charge in [0.1, 0.15) is 0 Å². The van der Waals surface area contributed by atoms with Gasteiger partial charge in [-0.1, -0.05) is 59.9 Å². The Morgan fingerprint density at radius 3 is 2.22 bits per heavy atom. The van der Waals surface area contributed by atoms with Crippen LogP contribution in [0.3, 0.4) is 0 Å². The largest absolute Gasteiger partial charge is 0.307 e. The minimum Gasteiger partial charge on any atom is -0.307 e. The molecule has 2 saturated carbocycles. The van der Waals surface area contributed by atoms with Gasteiger partial charge in [-0.05, 0) is 41.9 Å². The number of H-pyrrole nitrogens is 1. The molecule has 3 heterocycles. The number of thioether (sulfide) groups is 1. The summed E-state index contributed by atoms with van der Waals surface area (Å²) in [7, 11) is 0. The predicted octanol–water partition coefficient (Wildman–Crippen LogP) is 4.11. The van der Waals surface area contributed by atoms with Crippen molar-refractivity contribution >= 4 is 40.6 Å². The van der Waals surface area contributed by atoms with E-state index < -0.39 is 0 Å². The second-order valence-corrected chi connectivity index (χ2v) is 11.4. The maximum absolute atomic E-state index is 13.6. The first-order valence-electron chi connectivity index (χ1n) is 11.0. The first kappa shape index (κ1) is 18.9. The van der Waals surface area contributed by atoms with Gasteiger partial charge in [-0.15, -0.1) is 11.8 Å². The number of hydrogen-bond donors (Lipinski definition) is 1. The van der Waals surface area contributed by atoms with Gasteiger partial charge in [0.25, 0.3) is 0 Å². The SMILES string of the molecule is O=C1[C@@H]2[C@H]3C[C@@H]([C@@H]2C(=O)N1c1ccccc1)[C@@H]1[C@H](c2ccccc2)c2sc(=O)[nH]c2S[C@H]31. The molecule has 32 heavy (non-hydrogen) atoms. The number of aromatic nitrogens is 1. The molecule has 2 aromatic carbocycles. The number of imide groups is 1. The van der Waals surface area contributed by atoms with E-state index >= 15 is 0 Å². The summed E-state index contributed by atoms with van der Waals surface area (Å²) in [5.41, 5.74) is 1.87. The molecule has 0 unspecified atom stereocenters. The third-order valence-electron chi connectivity index (χ3n) is 7.90. The molecule has 5 nitrogen and oxygen atoms in total. The fraction of sp³-hybridized carbons (Fsp3) is 0.320. The van der Waals surface area contributed by atoms with Crippen molar-refractivity contribution in [3.63, 3.8) is 0 Å². The normalized spacial score (nSPS) is 34.5. The van der Waals surface area contributed by atoms with Crippen molar-refractivity contribution in [2.24, 2.45) is 29.6 Å². The van der Waals surface area contributed by atoms with Gasteiger partial charge in [0.2, 0.25) is 11.8 Å². The molecule has 3 fully saturated rings. The number of benzene rings is 2. The van der Waals surface area contributed by atoms with Gasteiger partial charge < -0.3 is 4.98 Å². The van der Waals surface area contributed by atoms with E-state index in [1.165, 1.54) is 21.8 Å². The van der Waals surface area contributed by atoms with Gasteiger partial charge >= 0.3 is 4.87 Å². The van der Waals surface area contributed by atoms with Crippen LogP contribution in [0.1, 0.15) is 22.8 Å². The number of rotatable bonds is 2. The van der Waals surface area contributed by atoms with Crippen LogP contribution in [0.4, 0.5) is 5.69 Å². The number of anilines is 1. The van der Waals surface area contributed by atoms with Crippen molar-refractivity contribution in [1.29, 1.82) is 0 Å². The van der Waals surface area contributed by atoms with Gasteiger partial charge in [-0.3, -0.25) is 19.3 Å². The quantitative estimate of drug-likeness (QED) is 0.584. The molecule has 7 atom stereocenters. The first-order valence-corrected chi connectivity index (χ1v) is 12.7. The average Bonchev–Trinajstić information content (AvgIpc) is 3.53. The third-order valence-corrected chi connectivity index (χ3v) is 10.5. The standard InChI is InChI=1S/C25H20N2O3S2/c28-23-18-14-11-15(19(18)24(29)27(23)13-9-5-2-6-10-13)20-17(14)16(12-7-3-1-4-8-12)21-22(31-20)26-25(30)32-21/h1-10,14-20H,11H2,(H,26,30)/t14-,15-,16+,17-,18+,19-,20-/m1/s1. The number of para-hydroxylation sites is 1. The van der Waals surface area contributed by atoms with Gasteiger partial charge in [0.05, 0.1) is 22.5 Å². The Kier molecular flexibility index (Phi) is 3.94. The van der Waals surface area contributed by atoms with Crippen molar-refractivity contribution in [3.05, 3.63) is 80.8 Å². The van der Waals surface area contributed by atoms with Crippen LogP contribution in [-0.4, -0.2) is 22.0 Å². The summed E-state index contributed by atoms with van der Waals surface area (Å²) in [5.74, 6) is 0.0747. The molecule has 2 aliphatic heterocycles. The summed E-state index contributed by atoms with van der Waals surface area (Å²) >= 11 is 3.03. The monoisotopic (exact) mass is 460 g/mol. The first-order chi connectivity index (χ1) is 15.6. The minimum atomic E-state index is -0.252. The summed E-state index contributed by atoms with van der Waals surface area (Å²) < 4.78 is 0. The number of amides is 2. The van der Waals surface area contributed by atoms with Gasteiger partial charge in [-0.2, -0.15) is 0 Å². The molecule has 3 aromatic rings. The van der Waals surface area contributed by atoms with Crippen LogP contribution in [-0.2, 0) is 9.59 Å². The molecule has 1 N–H and O–H groups in total. The molecule has 7 rings (SSSR count). The Balaban J connectivity index is 1.34. The van der Waals surface area contributed by atoms with Gasteiger partial charge in [0, 0.05) is 16.0 Å². The molecule has 7 heteroatoms. The molecular formula is C25H20N2O3S2. The molecule has 2 amide bonds. The number of nitrogens with one attached hydrogen (secondary N) is 1. The highest BCUT2D eigenvalue weighted by atomic mass is 32.2. The number of thiazole rings is 1. The Morgan fingerprint density at radius 2 is 1.50 bits per heavy atom. The van der Waals surface area contributed by atoms with Crippen molar-refractivity contribution in [2.45, 2.75) is 22.6 Å². The smallest absolute Gasteiger partial charge is 0.305 e. The number of carbonyl (C=O) groups excluding carboxylic acids is 2. The summed E-state index contributed by atoms with van der Waals surface area (Å²) in [6.07, 6.45) is 0.917. The summed E-state index contributed by atoms with van der Waals surface area (Å²) in [4.78, 5) is 44.9. The zero-order valence-electron chi connectivity index (χ0n) is 17.0. The molecule has 160 valence electrons. The summed E-state index contributed by atoms with van der Waals surface area (Å²) in [6.45, 7) is 0. The minimum absolute atomic E-state index is 0.0293. The topological polar surface area (TPSA) is 70.2 Å². The Morgan fingerprint density at radius 1 is 0.844 bits per heavy atom. The number of carbonyl (C=O) groups is 2. The van der Waals surface area contributed by atoms with Crippen molar-refractivity contribution in [1.82, 2.24) is 4.98 Å². The van der Waals surface area contributed by atoms with Crippen molar-refractivity contribution in [3.8, 4) is 0 Å². The van der Waals surface area contributed by atoms with Crippen LogP contribution in [0.25, 0.3) is 0 Å². The molecule has 4 aliphatic rings. The summed E-state index contributed by atoms with van der Waals surface area (Å²) in [6, 6.07) is 19.7. The van der Waals surface area contributed by atoms with Crippen molar-refractivity contribution in [2.75, 3.05) is 4.90 Å². The molecule has 1 saturated heterocycles. The maximum Gasteiger partial charge on any atom is 0.305 e. The molecule has 0 radical (unpaired) electrons. The van der Waals surface area contributed by atoms with Gasteiger partial charge in [0.15, 0.2) is 0 Å².